The van der Waals surface area contributed by atoms with Crippen molar-refractivity contribution >= 4 is 34.6 Å². The summed E-state index contributed by atoms with van der Waals surface area (Å²) in [4.78, 5) is 47.5. The smallest absolute Gasteiger partial charge is 0.335 e. The Hall–Kier alpha value is -4.26. The number of Topliss-reactive ketones (excluding diaryl/α,β-unsaturated/α-hetero) is 1. The summed E-state index contributed by atoms with van der Waals surface area (Å²) >= 11 is 0. The molecule has 0 radical (unpaired) electrons. The molecule has 230 valence electrons. The topological polar surface area (TPSA) is 176 Å². The van der Waals surface area contributed by atoms with E-state index in [9.17, 15) is 19.2 Å². The molecule has 0 saturated carbocycles. The van der Waals surface area contributed by atoms with Gasteiger partial charge in [-0.25, -0.2) is 9.59 Å². The first-order valence-corrected chi connectivity index (χ1v) is 13.9. The Labute approximate surface area is 248 Å². The lowest BCUT2D eigenvalue weighted by atomic mass is 9.72. The Morgan fingerprint density at radius 1 is 1.00 bits per heavy atom. The number of likely N-dealkylation sites (tertiary alicyclic amines) is 1. The second kappa shape index (κ2) is 13.4. The maximum Gasteiger partial charge on any atom is 0.335 e. The van der Waals surface area contributed by atoms with E-state index in [1.807, 2.05) is 0 Å². The molecule has 1 aromatic heterocycles. The maximum absolute atomic E-state index is 13.0. The number of ketones is 1. The van der Waals surface area contributed by atoms with Crippen LogP contribution in [-0.4, -0.2) is 98.6 Å². The number of piperidine rings is 1. The third kappa shape index (κ3) is 6.71. The van der Waals surface area contributed by atoms with Gasteiger partial charge in [-0.15, -0.1) is 0 Å². The summed E-state index contributed by atoms with van der Waals surface area (Å²) in [6, 6.07) is 13.7. The number of fused-ring (bicyclic) bond motifs is 2. The zero-order valence-corrected chi connectivity index (χ0v) is 24.2. The Morgan fingerprint density at radius 3 is 2.23 bits per heavy atom. The van der Waals surface area contributed by atoms with E-state index < -0.39 is 24.1 Å². The first kappa shape index (κ1) is 31.7. The van der Waals surface area contributed by atoms with E-state index in [1.165, 1.54) is 22.0 Å². The van der Waals surface area contributed by atoms with Crippen molar-refractivity contribution < 1.29 is 49.1 Å². The van der Waals surface area contributed by atoms with E-state index in [4.69, 9.17) is 29.9 Å². The molecule has 2 aromatic carbocycles. The number of aromatic nitrogens is 1. The minimum Gasteiger partial charge on any atom is -0.497 e. The first-order chi connectivity index (χ1) is 20.5. The van der Waals surface area contributed by atoms with Crippen molar-refractivity contribution in [2.75, 3.05) is 26.8 Å². The van der Waals surface area contributed by atoms with Crippen molar-refractivity contribution in [2.24, 2.45) is 13.0 Å². The van der Waals surface area contributed by atoms with Crippen LogP contribution in [0.15, 0.2) is 48.7 Å². The summed E-state index contributed by atoms with van der Waals surface area (Å²) in [5.74, 6) is -3.29. The quantitative estimate of drug-likeness (QED) is 0.209. The number of carboxylic acid groups (broad SMARTS) is 2. The highest BCUT2D eigenvalue weighted by Crippen LogP contribution is 2.45. The summed E-state index contributed by atoms with van der Waals surface area (Å²) in [6.07, 6.45) is -0.520. The molecule has 0 spiro atoms. The molecule has 1 aliphatic carbocycles. The Balaban J connectivity index is 0.000000365. The minimum absolute atomic E-state index is 0.205. The van der Waals surface area contributed by atoms with Gasteiger partial charge >= 0.3 is 17.9 Å². The van der Waals surface area contributed by atoms with Gasteiger partial charge in [0.15, 0.2) is 24.6 Å². The lowest BCUT2D eigenvalue weighted by Gasteiger charge is -2.46. The normalized spacial score (nSPS) is 20.6. The van der Waals surface area contributed by atoms with Gasteiger partial charge < -0.3 is 34.5 Å². The fourth-order valence-corrected chi connectivity index (χ4v) is 5.99. The van der Waals surface area contributed by atoms with Crippen LogP contribution in [0.2, 0.25) is 0 Å². The number of hydrogen-bond donors (Lipinski definition) is 4. The molecule has 12 nitrogen and oxygen atoms in total. The summed E-state index contributed by atoms with van der Waals surface area (Å²) in [5, 5.41) is 33.9. The summed E-state index contributed by atoms with van der Waals surface area (Å²) in [7, 11) is 3.68. The van der Waals surface area contributed by atoms with Gasteiger partial charge in [0.05, 0.1) is 13.0 Å². The van der Waals surface area contributed by atoms with Crippen LogP contribution in [-0.2, 0) is 32.6 Å². The van der Waals surface area contributed by atoms with Crippen LogP contribution in [0.1, 0.15) is 40.7 Å². The monoisotopic (exact) mass is 596 g/mol. The number of carbonyl (C=O) groups is 4. The molecule has 0 bridgehead atoms. The van der Waals surface area contributed by atoms with E-state index >= 15 is 0 Å². The number of rotatable bonds is 9. The molecule has 4 N–H and O–H groups in total. The van der Waals surface area contributed by atoms with Crippen LogP contribution in [0.3, 0.4) is 0 Å². The number of hydrogen-bond acceptors (Lipinski definition) is 9. The third-order valence-corrected chi connectivity index (χ3v) is 8.18. The van der Waals surface area contributed by atoms with Crippen LogP contribution in [0, 0.1) is 5.92 Å². The van der Waals surface area contributed by atoms with Crippen LogP contribution in [0.25, 0.3) is 10.9 Å². The van der Waals surface area contributed by atoms with Crippen molar-refractivity contribution in [2.45, 2.75) is 43.9 Å². The molecule has 12 heteroatoms. The average Bonchev–Trinajstić information content (AvgIpc) is 3.34. The molecule has 2 heterocycles. The zero-order chi connectivity index (χ0) is 31.4. The lowest BCUT2D eigenvalue weighted by Crippen LogP contribution is -2.51. The van der Waals surface area contributed by atoms with E-state index in [0.717, 1.165) is 19.4 Å². The lowest BCUT2D eigenvalue weighted by molar-refractivity contribution is -0.165. The predicted octanol–water partition coefficient (Wildman–Crippen LogP) is 1.84. The van der Waals surface area contributed by atoms with E-state index in [0.29, 0.717) is 23.9 Å². The van der Waals surface area contributed by atoms with Crippen molar-refractivity contribution in [3.8, 4) is 5.75 Å². The number of nitrogens with zero attached hydrogens (tertiary/aromatic N) is 2. The molecular weight excluding hydrogens is 560 g/mol. The van der Waals surface area contributed by atoms with Gasteiger partial charge in [-0.3, -0.25) is 14.5 Å². The molecule has 1 aliphatic heterocycles. The molecule has 5 rings (SSSR count). The van der Waals surface area contributed by atoms with Crippen molar-refractivity contribution in [1.82, 2.24) is 9.47 Å². The summed E-state index contributed by atoms with van der Waals surface area (Å²) in [5.41, 5.74) is 4.50. The van der Waals surface area contributed by atoms with Crippen molar-refractivity contribution in [3.63, 3.8) is 0 Å². The highest BCUT2D eigenvalue weighted by atomic mass is 16.5. The van der Waals surface area contributed by atoms with Gasteiger partial charge in [0.2, 0.25) is 0 Å². The third-order valence-electron chi connectivity index (χ3n) is 8.18. The fraction of sp³-hybridized carbons (Fsp3) is 0.419. The van der Waals surface area contributed by atoms with Crippen LogP contribution < -0.4 is 4.74 Å². The number of carboxylic acids is 2. The highest BCUT2D eigenvalue weighted by molar-refractivity contribution is 5.98. The molecule has 1 fully saturated rings. The second-order valence-electron chi connectivity index (χ2n) is 10.7. The highest BCUT2D eigenvalue weighted by Gasteiger charge is 2.43. The molecular formula is C31H36N2O10. The van der Waals surface area contributed by atoms with E-state index in [-0.39, 0.29) is 30.2 Å². The van der Waals surface area contributed by atoms with Gasteiger partial charge in [0, 0.05) is 48.2 Å². The molecule has 3 unspecified atom stereocenters. The summed E-state index contributed by atoms with van der Waals surface area (Å²) in [6.45, 7) is 3.47. The van der Waals surface area contributed by atoms with Crippen LogP contribution in [0.4, 0.5) is 0 Å². The maximum atomic E-state index is 13.0. The number of esters is 1. The number of aliphatic hydroxyl groups excluding tert-OH is 2. The molecule has 2 aliphatic rings. The second-order valence-corrected chi connectivity index (χ2v) is 10.7. The van der Waals surface area contributed by atoms with Gasteiger partial charge in [-0.1, -0.05) is 19.1 Å². The van der Waals surface area contributed by atoms with Gasteiger partial charge in [0.25, 0.3) is 0 Å². The molecule has 0 amide bonds. The first-order valence-electron chi connectivity index (χ1n) is 13.9. The summed E-state index contributed by atoms with van der Waals surface area (Å²) < 4.78 is 12.9. The molecule has 43 heavy (non-hydrogen) atoms. The Morgan fingerprint density at radius 2 is 1.65 bits per heavy atom. The number of methoxy groups -OCH3 is 1. The minimum atomic E-state index is -2.27. The predicted molar refractivity (Wildman–Crippen MR) is 154 cm³/mol. The number of aliphatic hydroxyl groups is 2. The number of carbonyl (C=O) groups excluding carboxylic acids is 2. The SMILES string of the molecule is CCN1C[C@H](C(=O)OCC(=O)c2ccc(OC)cc2)CC2c3cccc4c3c(cn4C)C[C@H]21.O=C(O)C(O)C(O)C(=O)O. The molecule has 1 saturated heterocycles. The zero-order valence-electron chi connectivity index (χ0n) is 24.2. The Bertz CT molecular complexity index is 1480. The largest absolute Gasteiger partial charge is 0.497 e. The Kier molecular flexibility index (Phi) is 9.84. The number of ether oxygens (including phenoxy) is 2. The average molecular weight is 597 g/mol. The fourth-order valence-electron chi connectivity index (χ4n) is 5.99. The standard InChI is InChI=1S/C27H30N2O4.C4H6O6/c1-4-29-15-19(27(31)33-16-25(30)17-8-10-20(32-3)11-9-17)12-22-21-6-5-7-23-26(21)18(13-24(22)29)14-28(23)2;5-1(3(7)8)2(6)4(9)10/h5-11,14,19,22,24H,4,12-13,15-16H2,1-3H3;1-2,5-6H,(H,7,8)(H,9,10)/t19-,22?,24-;/m1./s1. The molecule has 3 aromatic rings. The molecule has 5 atom stereocenters. The number of aliphatic carboxylic acids is 2. The van der Waals surface area contributed by atoms with E-state index in [2.05, 4.69) is 47.8 Å². The number of aryl methyl sites for hydroxylation is 1. The van der Waals surface area contributed by atoms with Gasteiger partial charge in [-0.05, 0) is 60.8 Å². The van der Waals surface area contributed by atoms with Gasteiger partial charge in [-0.2, -0.15) is 0 Å². The van der Waals surface area contributed by atoms with Crippen molar-refractivity contribution in [3.05, 3.63) is 65.4 Å². The van der Waals surface area contributed by atoms with Crippen LogP contribution >= 0.6 is 0 Å². The van der Waals surface area contributed by atoms with Crippen molar-refractivity contribution in [1.29, 1.82) is 0 Å². The van der Waals surface area contributed by atoms with E-state index in [1.54, 1.807) is 31.4 Å². The van der Waals surface area contributed by atoms with Crippen LogP contribution in [0.5, 0.6) is 5.75 Å². The number of benzene rings is 2. The van der Waals surface area contributed by atoms with Gasteiger partial charge in [0.1, 0.15) is 5.75 Å². The number of likely N-dealkylation sites (N-methyl/N-ethyl adjacent to an activating group) is 1.